The number of nitrogens with zero attached hydrogens (tertiary/aromatic N) is 1. The molecule has 0 unspecified atom stereocenters. The fourth-order valence-electron chi connectivity index (χ4n) is 2.52. The third-order valence-corrected chi connectivity index (χ3v) is 3.92. The molecule has 0 aliphatic carbocycles. The molecule has 0 spiro atoms. The van der Waals surface area contributed by atoms with Crippen molar-refractivity contribution in [3.05, 3.63) is 34.9 Å². The molecule has 0 radical (unpaired) electrons. The number of nitrogens with one attached hydrogen (secondary N) is 1. The minimum atomic E-state index is -0.634. The highest BCUT2D eigenvalue weighted by Gasteiger charge is 2.23. The second-order valence-corrected chi connectivity index (χ2v) is 5.20. The molecule has 1 N–H and O–H groups in total. The van der Waals surface area contributed by atoms with Crippen molar-refractivity contribution in [3.8, 4) is 0 Å². The quantitative estimate of drug-likeness (QED) is 0.924. The van der Waals surface area contributed by atoms with Gasteiger partial charge in [0.2, 0.25) is 0 Å². The smallest absolute Gasteiger partial charge is 0.256 e. The number of benzene rings is 1. The molecule has 0 atom stereocenters. The second-order valence-electron chi connectivity index (χ2n) is 5.20. The Balaban J connectivity index is 2.30. The number of carbonyl (C=O) groups is 1. The van der Waals surface area contributed by atoms with Crippen molar-refractivity contribution in [1.29, 1.82) is 0 Å². The molecule has 1 aliphatic heterocycles. The number of carbonyl (C=O) groups excluding carboxylic acids is 1. The molecule has 1 saturated heterocycles. The highest BCUT2D eigenvalue weighted by atomic mass is 19.1. The molecule has 5 heteroatoms. The lowest BCUT2D eigenvalue weighted by atomic mass is 9.89. The predicted molar refractivity (Wildman–Crippen MR) is 73.8 cm³/mol. The Morgan fingerprint density at radius 1 is 1.30 bits per heavy atom. The Kier molecular flexibility index (Phi) is 4.70. The van der Waals surface area contributed by atoms with Crippen LogP contribution < -0.4 is 5.32 Å². The van der Waals surface area contributed by atoms with Crippen molar-refractivity contribution < 1.29 is 13.6 Å². The van der Waals surface area contributed by atoms with Gasteiger partial charge in [-0.25, -0.2) is 8.78 Å². The van der Waals surface area contributed by atoms with Gasteiger partial charge in [-0.05, 0) is 56.5 Å². The predicted octanol–water partition coefficient (Wildman–Crippen LogP) is 2.52. The van der Waals surface area contributed by atoms with Crippen LogP contribution in [-0.4, -0.2) is 37.5 Å². The molecule has 0 bridgehead atoms. The summed E-state index contributed by atoms with van der Waals surface area (Å²) >= 11 is 0. The number of amides is 1. The maximum atomic E-state index is 14.2. The Morgan fingerprint density at radius 3 is 2.55 bits per heavy atom. The minimum Gasteiger partial charge on any atom is -0.342 e. The fourth-order valence-corrected chi connectivity index (χ4v) is 2.52. The van der Waals surface area contributed by atoms with Crippen LogP contribution in [-0.2, 0) is 0 Å². The molecule has 0 saturated carbocycles. The van der Waals surface area contributed by atoms with Gasteiger partial charge in [-0.3, -0.25) is 4.79 Å². The van der Waals surface area contributed by atoms with E-state index in [4.69, 9.17) is 0 Å². The molecule has 110 valence electrons. The van der Waals surface area contributed by atoms with Crippen LogP contribution in [0.25, 0.3) is 0 Å². The van der Waals surface area contributed by atoms with E-state index in [0.717, 1.165) is 32.0 Å². The van der Waals surface area contributed by atoms with Crippen LogP contribution in [0.15, 0.2) is 12.1 Å². The van der Waals surface area contributed by atoms with Gasteiger partial charge < -0.3 is 10.2 Å². The summed E-state index contributed by atoms with van der Waals surface area (Å²) < 4.78 is 28.3. The fraction of sp³-hybridized carbons (Fsp3) is 0.533. The van der Waals surface area contributed by atoms with Crippen LogP contribution in [0, 0.1) is 11.6 Å². The zero-order valence-electron chi connectivity index (χ0n) is 11.9. The Bertz CT molecular complexity index is 499. The maximum Gasteiger partial charge on any atom is 0.256 e. The number of piperidine rings is 1. The Hall–Kier alpha value is -1.49. The van der Waals surface area contributed by atoms with Crippen LogP contribution in [0.4, 0.5) is 8.78 Å². The first-order valence-corrected chi connectivity index (χ1v) is 6.99. The zero-order chi connectivity index (χ0) is 14.7. The third kappa shape index (κ3) is 2.98. The molecule has 1 fully saturated rings. The van der Waals surface area contributed by atoms with E-state index in [1.54, 1.807) is 14.0 Å². The molecular formula is C15H20F2N2O. The zero-order valence-corrected chi connectivity index (χ0v) is 11.9. The van der Waals surface area contributed by atoms with E-state index >= 15 is 0 Å². The van der Waals surface area contributed by atoms with Crippen LogP contribution in [0.1, 0.15) is 41.6 Å². The Labute approximate surface area is 118 Å². The first kappa shape index (κ1) is 14.9. The van der Waals surface area contributed by atoms with Gasteiger partial charge in [0.15, 0.2) is 0 Å². The summed E-state index contributed by atoms with van der Waals surface area (Å²) in [5.74, 6) is -1.57. The first-order chi connectivity index (χ1) is 9.54. The van der Waals surface area contributed by atoms with Crippen molar-refractivity contribution in [3.63, 3.8) is 0 Å². The summed E-state index contributed by atoms with van der Waals surface area (Å²) in [6, 6.07) is 2.24. The van der Waals surface area contributed by atoms with Crippen molar-refractivity contribution in [1.82, 2.24) is 10.2 Å². The summed E-state index contributed by atoms with van der Waals surface area (Å²) in [7, 11) is 1.57. The molecule has 1 amide bonds. The summed E-state index contributed by atoms with van der Waals surface area (Å²) in [6.45, 7) is 3.86. The summed E-state index contributed by atoms with van der Waals surface area (Å²) in [6.07, 6.45) is 1.58. The van der Waals surface area contributed by atoms with Crippen LogP contribution >= 0.6 is 0 Å². The molecule has 2 rings (SSSR count). The van der Waals surface area contributed by atoms with E-state index in [1.165, 1.54) is 11.0 Å². The van der Waals surface area contributed by atoms with Crippen molar-refractivity contribution in [2.45, 2.75) is 25.7 Å². The lowest BCUT2D eigenvalue weighted by Crippen LogP contribution is -2.28. The number of halogens is 2. The number of rotatable bonds is 3. The average molecular weight is 282 g/mol. The van der Waals surface area contributed by atoms with Crippen LogP contribution in [0.3, 0.4) is 0 Å². The van der Waals surface area contributed by atoms with E-state index < -0.39 is 17.5 Å². The van der Waals surface area contributed by atoms with E-state index in [0.29, 0.717) is 12.1 Å². The van der Waals surface area contributed by atoms with Gasteiger partial charge in [0, 0.05) is 13.6 Å². The molecule has 20 heavy (non-hydrogen) atoms. The minimum absolute atomic E-state index is 0.0267. The average Bonchev–Trinajstić information content (AvgIpc) is 2.48. The standard InChI is InChI=1S/C15H20F2N2O/c1-3-19(2)15(20)12-9-13(16)11(8-14(12)17)10-4-6-18-7-5-10/h8-10,18H,3-7H2,1-2H3. The number of hydrogen-bond donors (Lipinski definition) is 1. The van der Waals surface area contributed by atoms with Gasteiger partial charge in [0.25, 0.3) is 5.91 Å². The molecule has 1 aromatic carbocycles. The first-order valence-electron chi connectivity index (χ1n) is 6.99. The lowest BCUT2D eigenvalue weighted by molar-refractivity contribution is 0.0797. The number of hydrogen-bond acceptors (Lipinski definition) is 2. The largest absolute Gasteiger partial charge is 0.342 e. The van der Waals surface area contributed by atoms with Gasteiger partial charge in [0.05, 0.1) is 5.56 Å². The molecular weight excluding hydrogens is 262 g/mol. The third-order valence-electron chi connectivity index (χ3n) is 3.92. The van der Waals surface area contributed by atoms with Crippen molar-refractivity contribution >= 4 is 5.91 Å². The normalized spacial score (nSPS) is 16.2. The monoisotopic (exact) mass is 282 g/mol. The highest BCUT2D eigenvalue weighted by molar-refractivity contribution is 5.94. The molecule has 1 aromatic rings. The molecule has 0 aromatic heterocycles. The molecule has 1 heterocycles. The van der Waals surface area contributed by atoms with E-state index in [1.807, 2.05) is 0 Å². The van der Waals surface area contributed by atoms with Crippen LogP contribution in [0.5, 0.6) is 0 Å². The summed E-state index contributed by atoms with van der Waals surface area (Å²) in [4.78, 5) is 13.3. The summed E-state index contributed by atoms with van der Waals surface area (Å²) in [5, 5.41) is 3.19. The van der Waals surface area contributed by atoms with Crippen molar-refractivity contribution in [2.24, 2.45) is 0 Å². The van der Waals surface area contributed by atoms with Gasteiger partial charge in [-0.1, -0.05) is 0 Å². The van der Waals surface area contributed by atoms with Gasteiger partial charge in [0.1, 0.15) is 11.6 Å². The highest BCUT2D eigenvalue weighted by Crippen LogP contribution is 2.29. The second kappa shape index (κ2) is 6.31. The maximum absolute atomic E-state index is 14.2. The van der Waals surface area contributed by atoms with Gasteiger partial charge >= 0.3 is 0 Å². The van der Waals surface area contributed by atoms with E-state index in [-0.39, 0.29) is 11.5 Å². The van der Waals surface area contributed by atoms with E-state index in [9.17, 15) is 13.6 Å². The molecule has 3 nitrogen and oxygen atoms in total. The topological polar surface area (TPSA) is 32.3 Å². The van der Waals surface area contributed by atoms with Crippen molar-refractivity contribution in [2.75, 3.05) is 26.7 Å². The molecule has 1 aliphatic rings. The lowest BCUT2D eigenvalue weighted by Gasteiger charge is -2.24. The van der Waals surface area contributed by atoms with Crippen LogP contribution in [0.2, 0.25) is 0 Å². The Morgan fingerprint density at radius 2 is 1.95 bits per heavy atom. The van der Waals surface area contributed by atoms with E-state index in [2.05, 4.69) is 5.32 Å². The van der Waals surface area contributed by atoms with Gasteiger partial charge in [-0.2, -0.15) is 0 Å². The SMILES string of the molecule is CCN(C)C(=O)c1cc(F)c(C2CCNCC2)cc1F. The van der Waals surface area contributed by atoms with Gasteiger partial charge in [-0.15, -0.1) is 0 Å². The summed E-state index contributed by atoms with van der Waals surface area (Å²) in [5.41, 5.74) is 0.198.